The molecule has 1 saturated carbocycles. The highest BCUT2D eigenvalue weighted by Crippen LogP contribution is 2.32. The second-order valence-corrected chi connectivity index (χ2v) is 6.26. The summed E-state index contributed by atoms with van der Waals surface area (Å²) in [5.74, 6) is 8.55. The van der Waals surface area contributed by atoms with Gasteiger partial charge in [-0.1, -0.05) is 25.7 Å². The van der Waals surface area contributed by atoms with Gasteiger partial charge in [0.1, 0.15) is 5.75 Å². The quantitative estimate of drug-likeness (QED) is 0.853. The molecule has 0 amide bonds. The van der Waals surface area contributed by atoms with Gasteiger partial charge in [-0.15, -0.1) is 0 Å². The third-order valence-electron chi connectivity index (χ3n) is 4.49. The molecule has 21 heavy (non-hydrogen) atoms. The first-order valence-corrected chi connectivity index (χ1v) is 7.97. The van der Waals surface area contributed by atoms with Crippen LogP contribution in [0.4, 0.5) is 0 Å². The molecule has 0 heterocycles. The van der Waals surface area contributed by atoms with E-state index >= 15 is 0 Å². The Morgan fingerprint density at radius 2 is 2.05 bits per heavy atom. The largest absolute Gasteiger partial charge is 0.490 e. The SMILES string of the molecule is Cc1cc(C#CCCO)ccc1OC1CCC(C)C(C)C1. The molecule has 114 valence electrons. The number of rotatable bonds is 3. The normalized spacial score (nSPS) is 25.0. The Morgan fingerprint density at radius 1 is 1.24 bits per heavy atom. The second kappa shape index (κ2) is 7.52. The lowest BCUT2D eigenvalue weighted by molar-refractivity contribution is 0.1000. The highest BCUT2D eigenvalue weighted by molar-refractivity contribution is 5.43. The average molecular weight is 286 g/mol. The summed E-state index contributed by atoms with van der Waals surface area (Å²) in [6, 6.07) is 6.09. The van der Waals surface area contributed by atoms with E-state index in [-0.39, 0.29) is 6.61 Å². The monoisotopic (exact) mass is 286 g/mol. The Bertz CT molecular complexity index is 524. The molecule has 2 rings (SSSR count). The molecule has 0 spiro atoms. The summed E-state index contributed by atoms with van der Waals surface area (Å²) in [5.41, 5.74) is 2.12. The maximum atomic E-state index is 8.74. The number of aliphatic hydroxyl groups is 1. The molecule has 0 aliphatic heterocycles. The number of ether oxygens (including phenoxy) is 1. The molecule has 1 aliphatic carbocycles. The Kier molecular flexibility index (Phi) is 5.70. The van der Waals surface area contributed by atoms with Crippen molar-refractivity contribution < 1.29 is 9.84 Å². The van der Waals surface area contributed by atoms with Gasteiger partial charge in [-0.3, -0.25) is 0 Å². The van der Waals surface area contributed by atoms with E-state index < -0.39 is 0 Å². The first-order chi connectivity index (χ1) is 10.1. The second-order valence-electron chi connectivity index (χ2n) is 6.26. The summed E-state index contributed by atoms with van der Waals surface area (Å²) >= 11 is 0. The van der Waals surface area contributed by atoms with E-state index in [2.05, 4.69) is 38.7 Å². The molecule has 1 aliphatic rings. The molecule has 2 heteroatoms. The minimum atomic E-state index is 0.117. The predicted octanol–water partition coefficient (Wildman–Crippen LogP) is 3.93. The van der Waals surface area contributed by atoms with E-state index in [1.165, 1.54) is 6.42 Å². The highest BCUT2D eigenvalue weighted by Gasteiger charge is 2.25. The molecular weight excluding hydrogens is 260 g/mol. The van der Waals surface area contributed by atoms with Gasteiger partial charge in [0.15, 0.2) is 0 Å². The van der Waals surface area contributed by atoms with Crippen molar-refractivity contribution in [3.63, 3.8) is 0 Å². The number of aryl methyl sites for hydroxylation is 1. The standard InChI is InChI=1S/C19H26O2/c1-14-7-9-18(13-15(14)2)21-19-10-8-17(12-16(19)3)6-4-5-11-20/h8,10,12,14-15,18,20H,5,7,9,11,13H2,1-3H3. The Balaban J connectivity index is 2.00. The molecule has 3 unspecified atom stereocenters. The molecule has 2 nitrogen and oxygen atoms in total. The Hall–Kier alpha value is -1.46. The lowest BCUT2D eigenvalue weighted by Gasteiger charge is -2.32. The van der Waals surface area contributed by atoms with Crippen LogP contribution in [-0.4, -0.2) is 17.8 Å². The van der Waals surface area contributed by atoms with Crippen LogP contribution in [-0.2, 0) is 0 Å². The van der Waals surface area contributed by atoms with Crippen molar-refractivity contribution >= 4 is 0 Å². The van der Waals surface area contributed by atoms with Crippen LogP contribution in [0.1, 0.15) is 50.7 Å². The molecule has 0 aromatic heterocycles. The topological polar surface area (TPSA) is 29.5 Å². The lowest BCUT2D eigenvalue weighted by atomic mass is 9.80. The summed E-state index contributed by atoms with van der Waals surface area (Å²) in [5, 5.41) is 8.74. The smallest absolute Gasteiger partial charge is 0.122 e. The fraction of sp³-hybridized carbons (Fsp3) is 0.579. The molecule has 0 radical (unpaired) electrons. The molecular formula is C19H26O2. The summed E-state index contributed by atoms with van der Waals surface area (Å²) in [4.78, 5) is 0. The fourth-order valence-electron chi connectivity index (χ4n) is 2.86. The molecule has 1 aromatic carbocycles. The Morgan fingerprint density at radius 3 is 2.71 bits per heavy atom. The van der Waals surface area contributed by atoms with Crippen molar-refractivity contribution in [2.24, 2.45) is 11.8 Å². The van der Waals surface area contributed by atoms with Crippen molar-refractivity contribution in [2.75, 3.05) is 6.61 Å². The van der Waals surface area contributed by atoms with E-state index in [1.807, 2.05) is 12.1 Å². The van der Waals surface area contributed by atoms with Crippen LogP contribution in [0.25, 0.3) is 0 Å². The molecule has 0 saturated heterocycles. The van der Waals surface area contributed by atoms with Gasteiger partial charge >= 0.3 is 0 Å². The number of aliphatic hydroxyl groups excluding tert-OH is 1. The third kappa shape index (κ3) is 4.51. The maximum Gasteiger partial charge on any atom is 0.122 e. The van der Waals surface area contributed by atoms with Crippen molar-refractivity contribution in [1.82, 2.24) is 0 Å². The van der Waals surface area contributed by atoms with Crippen LogP contribution in [0.3, 0.4) is 0 Å². The van der Waals surface area contributed by atoms with Crippen LogP contribution >= 0.6 is 0 Å². The van der Waals surface area contributed by atoms with Crippen molar-refractivity contribution in [1.29, 1.82) is 0 Å². The number of benzene rings is 1. The van der Waals surface area contributed by atoms with Gasteiger partial charge in [0.25, 0.3) is 0 Å². The number of hydrogen-bond acceptors (Lipinski definition) is 2. The molecule has 1 N–H and O–H groups in total. The fourth-order valence-corrected chi connectivity index (χ4v) is 2.86. The van der Waals surface area contributed by atoms with Gasteiger partial charge in [0, 0.05) is 12.0 Å². The van der Waals surface area contributed by atoms with E-state index in [0.29, 0.717) is 12.5 Å². The van der Waals surface area contributed by atoms with Crippen LogP contribution in [0.5, 0.6) is 5.75 Å². The highest BCUT2D eigenvalue weighted by atomic mass is 16.5. The van der Waals surface area contributed by atoms with Crippen molar-refractivity contribution in [3.8, 4) is 17.6 Å². The van der Waals surface area contributed by atoms with Gasteiger partial charge in [0.05, 0.1) is 12.7 Å². The number of hydrogen-bond donors (Lipinski definition) is 1. The van der Waals surface area contributed by atoms with Gasteiger partial charge in [-0.05, 0) is 61.8 Å². The molecule has 1 fully saturated rings. The molecule has 3 atom stereocenters. The van der Waals surface area contributed by atoms with Gasteiger partial charge in [-0.2, -0.15) is 0 Å². The van der Waals surface area contributed by atoms with E-state index in [1.54, 1.807) is 0 Å². The van der Waals surface area contributed by atoms with Gasteiger partial charge in [0.2, 0.25) is 0 Å². The molecule has 0 bridgehead atoms. The zero-order chi connectivity index (χ0) is 15.2. The van der Waals surface area contributed by atoms with E-state index in [4.69, 9.17) is 9.84 Å². The van der Waals surface area contributed by atoms with Gasteiger partial charge < -0.3 is 9.84 Å². The summed E-state index contributed by atoms with van der Waals surface area (Å²) in [6.45, 7) is 6.85. The minimum absolute atomic E-state index is 0.117. The molecule has 1 aromatic rings. The maximum absolute atomic E-state index is 8.74. The third-order valence-corrected chi connectivity index (χ3v) is 4.49. The summed E-state index contributed by atoms with van der Waals surface area (Å²) in [6.07, 6.45) is 4.44. The van der Waals surface area contributed by atoms with Gasteiger partial charge in [-0.25, -0.2) is 0 Å². The first-order valence-electron chi connectivity index (χ1n) is 7.97. The van der Waals surface area contributed by atoms with E-state index in [0.717, 1.165) is 41.6 Å². The first kappa shape index (κ1) is 15.9. The zero-order valence-corrected chi connectivity index (χ0v) is 13.4. The lowest BCUT2D eigenvalue weighted by Crippen LogP contribution is -2.28. The zero-order valence-electron chi connectivity index (χ0n) is 13.4. The van der Waals surface area contributed by atoms with Crippen LogP contribution in [0.2, 0.25) is 0 Å². The van der Waals surface area contributed by atoms with Crippen LogP contribution in [0, 0.1) is 30.6 Å². The van der Waals surface area contributed by atoms with Crippen molar-refractivity contribution in [3.05, 3.63) is 29.3 Å². The Labute approximate surface area is 128 Å². The van der Waals surface area contributed by atoms with Crippen LogP contribution in [0.15, 0.2) is 18.2 Å². The van der Waals surface area contributed by atoms with Crippen molar-refractivity contribution in [2.45, 2.75) is 52.6 Å². The average Bonchev–Trinajstić information content (AvgIpc) is 2.46. The summed E-state index contributed by atoms with van der Waals surface area (Å²) < 4.78 is 6.20. The minimum Gasteiger partial charge on any atom is -0.490 e. The van der Waals surface area contributed by atoms with Crippen LogP contribution < -0.4 is 4.74 Å². The summed E-state index contributed by atoms with van der Waals surface area (Å²) in [7, 11) is 0. The van der Waals surface area contributed by atoms with E-state index in [9.17, 15) is 0 Å². The predicted molar refractivity (Wildman–Crippen MR) is 86.4 cm³/mol.